The lowest BCUT2D eigenvalue weighted by Crippen LogP contribution is -2.28. The zero-order valence-electron chi connectivity index (χ0n) is 15.4. The highest BCUT2D eigenvalue weighted by Crippen LogP contribution is 2.31. The van der Waals surface area contributed by atoms with Crippen molar-refractivity contribution in [3.63, 3.8) is 0 Å². The smallest absolute Gasteiger partial charge is 0.161 e. The van der Waals surface area contributed by atoms with Gasteiger partial charge in [-0.05, 0) is 28.8 Å². The molecule has 3 rings (SSSR count). The largest absolute Gasteiger partial charge is 0.493 e. The Morgan fingerprint density at radius 3 is 2.11 bits per heavy atom. The van der Waals surface area contributed by atoms with E-state index in [-0.39, 0.29) is 0 Å². The van der Waals surface area contributed by atoms with Crippen molar-refractivity contribution in [2.24, 2.45) is 5.73 Å². The van der Waals surface area contributed by atoms with Crippen LogP contribution in [0.5, 0.6) is 11.5 Å². The Hall–Kier alpha value is -2.82. The number of methoxy groups -OCH3 is 1. The summed E-state index contributed by atoms with van der Waals surface area (Å²) in [4.78, 5) is 0. The normalized spacial score (nSPS) is 13.0. The van der Waals surface area contributed by atoms with Crippen LogP contribution in [0.25, 0.3) is 0 Å². The second kappa shape index (κ2) is 9.21. The Morgan fingerprint density at radius 1 is 0.852 bits per heavy atom. The summed E-state index contributed by atoms with van der Waals surface area (Å²) < 4.78 is 11.3. The van der Waals surface area contributed by atoms with Gasteiger partial charge in [-0.1, -0.05) is 66.7 Å². The lowest BCUT2D eigenvalue weighted by atomic mass is 9.96. The Kier molecular flexibility index (Phi) is 6.47. The second-order valence-corrected chi connectivity index (χ2v) is 6.47. The van der Waals surface area contributed by atoms with Gasteiger partial charge in [0.15, 0.2) is 11.5 Å². The van der Waals surface area contributed by atoms with Crippen molar-refractivity contribution >= 4 is 0 Å². The van der Waals surface area contributed by atoms with Crippen LogP contribution in [0.15, 0.2) is 78.9 Å². The van der Waals surface area contributed by atoms with Crippen LogP contribution in [-0.4, -0.2) is 18.3 Å². The van der Waals surface area contributed by atoms with Crippen LogP contribution in [-0.2, 0) is 13.0 Å². The van der Waals surface area contributed by atoms with E-state index in [0.717, 1.165) is 16.7 Å². The lowest BCUT2D eigenvalue weighted by molar-refractivity contribution is 0.145. The molecule has 3 aromatic carbocycles. The van der Waals surface area contributed by atoms with E-state index in [0.29, 0.717) is 24.5 Å². The molecule has 0 spiro atoms. The molecule has 3 aromatic rings. The minimum atomic E-state index is -0.692. The van der Waals surface area contributed by atoms with E-state index < -0.39 is 12.1 Å². The highest BCUT2D eigenvalue weighted by Gasteiger charge is 2.19. The molecule has 0 aliphatic heterocycles. The molecule has 0 saturated heterocycles. The van der Waals surface area contributed by atoms with E-state index in [1.807, 2.05) is 78.9 Å². The summed E-state index contributed by atoms with van der Waals surface area (Å²) >= 11 is 0. The molecule has 0 aromatic heterocycles. The molecule has 0 unspecified atom stereocenters. The van der Waals surface area contributed by atoms with Crippen molar-refractivity contribution < 1.29 is 14.6 Å². The predicted octanol–water partition coefficient (Wildman–Crippen LogP) is 3.88. The minimum Gasteiger partial charge on any atom is -0.493 e. The number of benzene rings is 3. The molecule has 0 amide bonds. The number of nitrogens with two attached hydrogens (primary N) is 1. The third-order valence-corrected chi connectivity index (χ3v) is 4.51. The predicted molar refractivity (Wildman–Crippen MR) is 107 cm³/mol. The molecule has 3 N–H and O–H groups in total. The van der Waals surface area contributed by atoms with Crippen molar-refractivity contribution in [1.29, 1.82) is 0 Å². The van der Waals surface area contributed by atoms with E-state index in [1.165, 1.54) is 0 Å². The molecular weight excluding hydrogens is 338 g/mol. The van der Waals surface area contributed by atoms with E-state index in [4.69, 9.17) is 15.2 Å². The number of hydrogen-bond acceptors (Lipinski definition) is 4. The van der Waals surface area contributed by atoms with Crippen LogP contribution >= 0.6 is 0 Å². The molecule has 0 radical (unpaired) electrons. The zero-order chi connectivity index (χ0) is 19.1. The Morgan fingerprint density at radius 2 is 1.48 bits per heavy atom. The van der Waals surface area contributed by atoms with Gasteiger partial charge in [-0.3, -0.25) is 0 Å². The summed E-state index contributed by atoms with van der Waals surface area (Å²) in [6.45, 7) is 0.433. The van der Waals surface area contributed by atoms with Gasteiger partial charge in [0.05, 0.1) is 19.3 Å². The van der Waals surface area contributed by atoms with Crippen molar-refractivity contribution in [2.45, 2.75) is 25.2 Å². The topological polar surface area (TPSA) is 64.7 Å². The SMILES string of the molecule is COc1ccc([C@H](N)[C@H](O)Cc2ccccc2)cc1OCc1ccccc1. The highest BCUT2D eigenvalue weighted by molar-refractivity contribution is 5.44. The number of hydrogen-bond donors (Lipinski definition) is 2. The van der Waals surface area contributed by atoms with Crippen LogP contribution in [0.4, 0.5) is 0 Å². The number of aliphatic hydroxyl groups is 1. The first-order valence-corrected chi connectivity index (χ1v) is 8.99. The second-order valence-electron chi connectivity index (χ2n) is 6.47. The Balaban J connectivity index is 1.73. The zero-order valence-corrected chi connectivity index (χ0v) is 15.4. The molecule has 4 nitrogen and oxygen atoms in total. The van der Waals surface area contributed by atoms with Gasteiger partial charge in [0.1, 0.15) is 6.61 Å². The summed E-state index contributed by atoms with van der Waals surface area (Å²) in [5, 5.41) is 10.6. The van der Waals surface area contributed by atoms with E-state index in [2.05, 4.69) is 0 Å². The average Bonchev–Trinajstić information content (AvgIpc) is 2.73. The van der Waals surface area contributed by atoms with Crippen molar-refractivity contribution in [3.8, 4) is 11.5 Å². The third-order valence-electron chi connectivity index (χ3n) is 4.51. The number of ether oxygens (including phenoxy) is 2. The van der Waals surface area contributed by atoms with E-state index in [9.17, 15) is 5.11 Å². The molecule has 27 heavy (non-hydrogen) atoms. The highest BCUT2D eigenvalue weighted by atomic mass is 16.5. The van der Waals surface area contributed by atoms with E-state index in [1.54, 1.807) is 7.11 Å². The fourth-order valence-corrected chi connectivity index (χ4v) is 2.95. The monoisotopic (exact) mass is 363 g/mol. The Bertz CT molecular complexity index is 837. The van der Waals surface area contributed by atoms with Crippen LogP contribution in [0.2, 0.25) is 0 Å². The fourth-order valence-electron chi connectivity index (χ4n) is 2.95. The number of rotatable bonds is 8. The summed E-state index contributed by atoms with van der Waals surface area (Å²) in [5.41, 5.74) is 9.23. The molecule has 0 heterocycles. The van der Waals surface area contributed by atoms with Crippen molar-refractivity contribution in [3.05, 3.63) is 95.6 Å². The first-order valence-electron chi connectivity index (χ1n) is 8.99. The molecule has 2 atom stereocenters. The van der Waals surface area contributed by atoms with Crippen LogP contribution in [0.1, 0.15) is 22.7 Å². The first kappa shape index (κ1) is 19.0. The fraction of sp³-hybridized carbons (Fsp3) is 0.217. The third kappa shape index (κ3) is 5.09. The van der Waals surface area contributed by atoms with Crippen molar-refractivity contribution in [2.75, 3.05) is 7.11 Å². The summed E-state index contributed by atoms with van der Waals surface area (Å²) in [5.74, 6) is 1.25. The minimum absolute atomic E-state index is 0.433. The van der Waals surface area contributed by atoms with Gasteiger partial charge in [0.2, 0.25) is 0 Å². The summed E-state index contributed by atoms with van der Waals surface area (Å²) in [6.07, 6.45) is -0.198. The number of aliphatic hydroxyl groups excluding tert-OH is 1. The van der Waals surface area contributed by atoms with E-state index >= 15 is 0 Å². The Labute approximate surface area is 160 Å². The molecule has 0 saturated carbocycles. The standard InChI is InChI=1S/C23H25NO3/c1-26-21-13-12-19(15-22(21)27-16-18-10-6-3-7-11-18)23(24)20(25)14-17-8-4-2-5-9-17/h2-13,15,20,23,25H,14,16,24H2,1H3/t20-,23+/m1/s1. The van der Waals surface area contributed by atoms with Crippen LogP contribution in [0, 0.1) is 0 Å². The average molecular weight is 363 g/mol. The maximum Gasteiger partial charge on any atom is 0.161 e. The summed E-state index contributed by atoms with van der Waals surface area (Å²) in [6, 6.07) is 24.8. The van der Waals surface area contributed by atoms with Gasteiger partial charge < -0.3 is 20.3 Å². The summed E-state index contributed by atoms with van der Waals surface area (Å²) in [7, 11) is 1.61. The maximum atomic E-state index is 10.6. The quantitative estimate of drug-likeness (QED) is 0.637. The molecule has 0 bridgehead atoms. The lowest BCUT2D eigenvalue weighted by Gasteiger charge is -2.21. The van der Waals surface area contributed by atoms with Gasteiger partial charge in [0.25, 0.3) is 0 Å². The molecule has 0 aliphatic rings. The van der Waals surface area contributed by atoms with Gasteiger partial charge >= 0.3 is 0 Å². The molecule has 140 valence electrons. The van der Waals surface area contributed by atoms with Crippen LogP contribution < -0.4 is 15.2 Å². The molecule has 0 aliphatic carbocycles. The van der Waals surface area contributed by atoms with Crippen molar-refractivity contribution in [1.82, 2.24) is 0 Å². The first-order chi connectivity index (χ1) is 13.2. The maximum absolute atomic E-state index is 10.6. The van der Waals surface area contributed by atoms with Gasteiger partial charge in [-0.25, -0.2) is 0 Å². The van der Waals surface area contributed by atoms with Gasteiger partial charge in [0, 0.05) is 6.42 Å². The van der Waals surface area contributed by atoms with Gasteiger partial charge in [-0.2, -0.15) is 0 Å². The van der Waals surface area contributed by atoms with Crippen LogP contribution in [0.3, 0.4) is 0 Å². The molecular formula is C23H25NO3. The molecule has 4 heteroatoms. The molecule has 0 fully saturated rings. The van der Waals surface area contributed by atoms with Gasteiger partial charge in [-0.15, -0.1) is 0 Å².